The van der Waals surface area contributed by atoms with Gasteiger partial charge in [-0.15, -0.1) is 0 Å². The van der Waals surface area contributed by atoms with Crippen molar-refractivity contribution in [3.05, 3.63) is 23.7 Å². The van der Waals surface area contributed by atoms with Gasteiger partial charge in [0.15, 0.2) is 0 Å². The van der Waals surface area contributed by atoms with Gasteiger partial charge in [0, 0.05) is 7.05 Å². The Balaban J connectivity index is 2.81. The maximum Gasteiger partial charge on any atom is 0.257 e. The number of rotatable bonds is 3. The molecule has 1 atom stereocenters. The first kappa shape index (κ1) is 11.7. The van der Waals surface area contributed by atoms with Crippen LogP contribution in [0.1, 0.15) is 23.0 Å². The SMILES string of the molecule is Cc1cc(C(=O)N(C)C(C)C(N)=S)co1. The van der Waals surface area contributed by atoms with Crippen LogP contribution in [-0.2, 0) is 0 Å². The number of carbonyl (C=O) groups excluding carboxylic acids is 1. The third-order valence-electron chi connectivity index (χ3n) is 2.29. The van der Waals surface area contributed by atoms with Gasteiger partial charge in [-0.25, -0.2) is 0 Å². The zero-order valence-electron chi connectivity index (χ0n) is 8.98. The minimum absolute atomic E-state index is 0.146. The van der Waals surface area contributed by atoms with Crippen molar-refractivity contribution >= 4 is 23.1 Å². The van der Waals surface area contributed by atoms with Crippen molar-refractivity contribution in [2.45, 2.75) is 19.9 Å². The van der Waals surface area contributed by atoms with Crippen LogP contribution in [0.5, 0.6) is 0 Å². The number of amides is 1. The molecule has 4 nitrogen and oxygen atoms in total. The van der Waals surface area contributed by atoms with Crippen molar-refractivity contribution in [1.29, 1.82) is 0 Å². The van der Waals surface area contributed by atoms with Crippen LogP contribution in [0.25, 0.3) is 0 Å². The van der Waals surface area contributed by atoms with E-state index in [2.05, 4.69) is 0 Å². The lowest BCUT2D eigenvalue weighted by molar-refractivity contribution is 0.0778. The number of nitrogens with two attached hydrogens (primary N) is 1. The Morgan fingerprint density at radius 2 is 2.27 bits per heavy atom. The highest BCUT2D eigenvalue weighted by Crippen LogP contribution is 2.10. The highest BCUT2D eigenvalue weighted by Gasteiger charge is 2.20. The molecule has 0 fully saturated rings. The van der Waals surface area contributed by atoms with Crippen LogP contribution in [-0.4, -0.2) is 28.9 Å². The van der Waals surface area contributed by atoms with Gasteiger partial charge < -0.3 is 15.1 Å². The molecule has 0 aliphatic rings. The Hall–Kier alpha value is -1.36. The molecule has 1 rings (SSSR count). The standard InChI is InChI=1S/C10H14N2O2S/c1-6-4-8(5-14-6)10(13)12(3)7(2)9(11)15/h4-5,7H,1-3H3,(H2,11,15). The average Bonchev–Trinajstić information content (AvgIpc) is 2.61. The van der Waals surface area contributed by atoms with Crippen LogP contribution in [0.15, 0.2) is 16.7 Å². The number of likely N-dealkylation sites (N-methyl/N-ethyl adjacent to an activating group) is 1. The molecule has 1 aromatic heterocycles. The summed E-state index contributed by atoms with van der Waals surface area (Å²) in [5.74, 6) is 0.557. The third kappa shape index (κ3) is 2.56. The second-order valence-corrected chi connectivity index (χ2v) is 3.91. The number of nitrogens with zero attached hydrogens (tertiary/aromatic N) is 1. The molecule has 1 heterocycles. The van der Waals surface area contributed by atoms with E-state index in [1.54, 1.807) is 27.0 Å². The summed E-state index contributed by atoms with van der Waals surface area (Å²) in [5, 5.41) is 0. The minimum Gasteiger partial charge on any atom is -0.469 e. The Bertz CT molecular complexity index is 387. The molecule has 1 amide bonds. The largest absolute Gasteiger partial charge is 0.469 e. The van der Waals surface area contributed by atoms with Crippen LogP contribution >= 0.6 is 12.2 Å². The van der Waals surface area contributed by atoms with Crippen molar-refractivity contribution in [2.24, 2.45) is 5.73 Å². The fourth-order valence-corrected chi connectivity index (χ4v) is 1.28. The molecular formula is C10H14N2O2S. The highest BCUT2D eigenvalue weighted by atomic mass is 32.1. The fourth-order valence-electron chi connectivity index (χ4n) is 1.13. The van der Waals surface area contributed by atoms with E-state index in [1.165, 1.54) is 11.2 Å². The quantitative estimate of drug-likeness (QED) is 0.790. The summed E-state index contributed by atoms with van der Waals surface area (Å²) in [6.45, 7) is 3.57. The number of thiocarbonyl (C=S) groups is 1. The maximum absolute atomic E-state index is 11.9. The summed E-state index contributed by atoms with van der Waals surface area (Å²) in [6.07, 6.45) is 1.43. The van der Waals surface area contributed by atoms with Gasteiger partial charge in [-0.3, -0.25) is 4.79 Å². The smallest absolute Gasteiger partial charge is 0.257 e. The zero-order valence-corrected chi connectivity index (χ0v) is 9.80. The topological polar surface area (TPSA) is 59.5 Å². The summed E-state index contributed by atoms with van der Waals surface area (Å²) >= 11 is 4.83. The first-order valence-electron chi connectivity index (χ1n) is 4.55. The number of hydrogen-bond donors (Lipinski definition) is 1. The van der Waals surface area contributed by atoms with Gasteiger partial charge in [0.25, 0.3) is 5.91 Å². The van der Waals surface area contributed by atoms with Crippen molar-refractivity contribution in [2.75, 3.05) is 7.05 Å². The second-order valence-electron chi connectivity index (χ2n) is 3.44. The summed E-state index contributed by atoms with van der Waals surface area (Å²) < 4.78 is 5.06. The molecule has 0 bridgehead atoms. The fraction of sp³-hybridized carbons (Fsp3) is 0.400. The predicted octanol–water partition coefficient (Wildman–Crippen LogP) is 1.33. The monoisotopic (exact) mass is 226 g/mol. The van der Waals surface area contributed by atoms with Gasteiger partial charge in [0.05, 0.1) is 16.6 Å². The first-order chi connectivity index (χ1) is 6.93. The normalized spacial score (nSPS) is 12.2. The molecule has 5 heteroatoms. The molecule has 1 aromatic rings. The van der Waals surface area contributed by atoms with Gasteiger partial charge in [-0.1, -0.05) is 12.2 Å². The van der Waals surface area contributed by atoms with E-state index in [1.807, 2.05) is 0 Å². The van der Waals surface area contributed by atoms with Crippen molar-refractivity contribution < 1.29 is 9.21 Å². The van der Waals surface area contributed by atoms with Crippen LogP contribution in [0.4, 0.5) is 0 Å². The van der Waals surface area contributed by atoms with Gasteiger partial charge in [0.1, 0.15) is 12.0 Å². The summed E-state index contributed by atoms with van der Waals surface area (Å²) in [4.78, 5) is 13.6. The van der Waals surface area contributed by atoms with E-state index in [-0.39, 0.29) is 11.9 Å². The lowest BCUT2D eigenvalue weighted by atomic mass is 10.2. The molecule has 0 radical (unpaired) electrons. The van der Waals surface area contributed by atoms with Crippen molar-refractivity contribution in [3.63, 3.8) is 0 Å². The summed E-state index contributed by atoms with van der Waals surface area (Å²) in [7, 11) is 1.66. The number of furan rings is 1. The average molecular weight is 226 g/mol. The van der Waals surface area contributed by atoms with Gasteiger partial charge in [-0.05, 0) is 19.9 Å². The highest BCUT2D eigenvalue weighted by molar-refractivity contribution is 7.80. The van der Waals surface area contributed by atoms with E-state index in [4.69, 9.17) is 22.4 Å². The molecule has 0 aromatic carbocycles. The molecule has 0 saturated carbocycles. The van der Waals surface area contributed by atoms with Gasteiger partial charge in [0.2, 0.25) is 0 Å². The number of hydrogen-bond acceptors (Lipinski definition) is 3. The molecule has 0 spiro atoms. The van der Waals surface area contributed by atoms with Crippen LogP contribution in [0.3, 0.4) is 0 Å². The van der Waals surface area contributed by atoms with Crippen LogP contribution in [0, 0.1) is 6.92 Å². The Morgan fingerprint density at radius 3 is 2.67 bits per heavy atom. The lowest BCUT2D eigenvalue weighted by Crippen LogP contribution is -2.42. The van der Waals surface area contributed by atoms with E-state index >= 15 is 0 Å². The molecule has 1 unspecified atom stereocenters. The van der Waals surface area contributed by atoms with E-state index in [0.29, 0.717) is 16.3 Å². The number of aryl methyl sites for hydroxylation is 1. The Labute approximate surface area is 94.0 Å². The van der Waals surface area contributed by atoms with Crippen molar-refractivity contribution in [3.8, 4) is 0 Å². The Kier molecular flexibility index (Phi) is 3.47. The van der Waals surface area contributed by atoms with Gasteiger partial charge in [-0.2, -0.15) is 0 Å². The molecule has 2 N–H and O–H groups in total. The molecule has 15 heavy (non-hydrogen) atoms. The van der Waals surface area contributed by atoms with E-state index in [0.717, 1.165) is 0 Å². The summed E-state index contributed by atoms with van der Waals surface area (Å²) in [5.41, 5.74) is 5.98. The molecule has 0 aliphatic heterocycles. The molecular weight excluding hydrogens is 212 g/mol. The van der Waals surface area contributed by atoms with Crippen molar-refractivity contribution in [1.82, 2.24) is 4.90 Å². The van der Waals surface area contributed by atoms with Crippen LogP contribution < -0.4 is 5.73 Å². The predicted molar refractivity (Wildman–Crippen MR) is 61.8 cm³/mol. The molecule has 82 valence electrons. The van der Waals surface area contributed by atoms with Gasteiger partial charge >= 0.3 is 0 Å². The van der Waals surface area contributed by atoms with Crippen LogP contribution in [0.2, 0.25) is 0 Å². The first-order valence-corrected chi connectivity index (χ1v) is 4.96. The third-order valence-corrected chi connectivity index (χ3v) is 2.63. The minimum atomic E-state index is -0.261. The lowest BCUT2D eigenvalue weighted by Gasteiger charge is -2.23. The van der Waals surface area contributed by atoms with E-state index in [9.17, 15) is 4.79 Å². The summed E-state index contributed by atoms with van der Waals surface area (Å²) in [6, 6.07) is 1.42. The number of carbonyl (C=O) groups is 1. The molecule has 0 saturated heterocycles. The second kappa shape index (κ2) is 4.44. The Morgan fingerprint density at radius 1 is 1.67 bits per heavy atom. The van der Waals surface area contributed by atoms with E-state index < -0.39 is 0 Å². The maximum atomic E-state index is 11.9. The zero-order chi connectivity index (χ0) is 11.6. The molecule has 0 aliphatic carbocycles.